The number of thiophene rings is 1. The average Bonchev–Trinajstić information content (AvgIpc) is 3.42. The van der Waals surface area contributed by atoms with Gasteiger partial charge in [0.05, 0.1) is 23.3 Å². The van der Waals surface area contributed by atoms with Crippen LogP contribution < -0.4 is 16.0 Å². The van der Waals surface area contributed by atoms with Gasteiger partial charge in [0.1, 0.15) is 18.4 Å². The summed E-state index contributed by atoms with van der Waals surface area (Å²) in [4.78, 5) is 47.1. The van der Waals surface area contributed by atoms with E-state index in [-0.39, 0.29) is 24.5 Å². The van der Waals surface area contributed by atoms with E-state index in [0.717, 1.165) is 57.7 Å². The Morgan fingerprint density at radius 2 is 1.89 bits per heavy atom. The molecule has 1 fully saturated rings. The minimum atomic E-state index is -4.61. The molecule has 0 spiro atoms. The summed E-state index contributed by atoms with van der Waals surface area (Å²) in [6, 6.07) is 8.20. The highest BCUT2D eigenvalue weighted by Crippen LogP contribution is 2.42. The number of pyridine rings is 1. The van der Waals surface area contributed by atoms with Gasteiger partial charge in [0.15, 0.2) is 0 Å². The quantitative estimate of drug-likeness (QED) is 0.208. The maximum Gasteiger partial charge on any atom is 0.406 e. The first kappa shape index (κ1) is 34.6. The summed E-state index contributed by atoms with van der Waals surface area (Å²) in [5.41, 5.74) is 1.26. The van der Waals surface area contributed by atoms with Crippen molar-refractivity contribution in [2.45, 2.75) is 59.5 Å². The molecule has 4 heterocycles. The van der Waals surface area contributed by atoms with Crippen LogP contribution in [0, 0.1) is 12.8 Å². The number of carbonyl (C=O) groups excluding carboxylic acids is 1. The Balaban J connectivity index is 1.43. The standard InChI is InChI=1S/C33H37ClF3N5O4S/c1-5-40(6-2)29(44)18-39-11-8-27(21(4)16-39)46-30-20(3)13-22(34)14-25(30)24-7-10-38-26-15-23(47-31(24)26)17-42-28(43)9-12-41(32(42)45)19-33(35,36)37/h7,9-10,12-15,21,27H,5-6,8,11,16-19H2,1-4H3/t21-,27+/m0/s1. The Kier molecular flexibility index (Phi) is 10.5. The fourth-order valence-corrected chi connectivity index (χ4v) is 7.49. The molecule has 1 amide bonds. The van der Waals surface area contributed by atoms with Crippen LogP contribution in [0.1, 0.15) is 37.6 Å². The first-order valence-electron chi connectivity index (χ1n) is 15.5. The molecule has 14 heteroatoms. The third kappa shape index (κ3) is 7.90. The van der Waals surface area contributed by atoms with Gasteiger partial charge in [-0.3, -0.25) is 28.6 Å². The molecular formula is C33H37ClF3N5O4S. The van der Waals surface area contributed by atoms with Crippen molar-refractivity contribution in [3.05, 3.63) is 79.0 Å². The van der Waals surface area contributed by atoms with E-state index >= 15 is 0 Å². The summed E-state index contributed by atoms with van der Waals surface area (Å²) < 4.78 is 47.8. The number of ether oxygens (including phenoxy) is 1. The van der Waals surface area contributed by atoms with E-state index in [0.29, 0.717) is 45.4 Å². The van der Waals surface area contributed by atoms with Gasteiger partial charge in [-0.15, -0.1) is 11.3 Å². The lowest BCUT2D eigenvalue weighted by Gasteiger charge is -2.37. The number of piperidine rings is 1. The summed E-state index contributed by atoms with van der Waals surface area (Å²) in [7, 11) is 0. The van der Waals surface area contributed by atoms with Gasteiger partial charge in [0.2, 0.25) is 5.91 Å². The van der Waals surface area contributed by atoms with Gasteiger partial charge in [0, 0.05) is 71.6 Å². The first-order valence-corrected chi connectivity index (χ1v) is 16.7. The number of hydrogen-bond donors (Lipinski definition) is 0. The minimum absolute atomic E-state index is 0.103. The topological polar surface area (TPSA) is 89.7 Å². The van der Waals surface area contributed by atoms with Crippen LogP contribution in [0.5, 0.6) is 5.75 Å². The van der Waals surface area contributed by atoms with Crippen LogP contribution in [0.3, 0.4) is 0 Å². The second kappa shape index (κ2) is 14.2. The minimum Gasteiger partial charge on any atom is -0.489 e. The van der Waals surface area contributed by atoms with Crippen molar-refractivity contribution >= 4 is 39.1 Å². The smallest absolute Gasteiger partial charge is 0.406 e. The predicted molar refractivity (Wildman–Crippen MR) is 177 cm³/mol. The molecule has 1 aliphatic rings. The number of aryl methyl sites for hydroxylation is 1. The summed E-state index contributed by atoms with van der Waals surface area (Å²) >= 11 is 7.85. The largest absolute Gasteiger partial charge is 0.489 e. The van der Waals surface area contributed by atoms with Gasteiger partial charge >= 0.3 is 11.9 Å². The number of rotatable bonds is 10. The number of likely N-dealkylation sites (tertiary alicyclic amines) is 1. The molecule has 4 aromatic rings. The number of alkyl halides is 3. The van der Waals surface area contributed by atoms with Crippen molar-refractivity contribution in [1.29, 1.82) is 0 Å². The Labute approximate surface area is 279 Å². The average molecular weight is 692 g/mol. The van der Waals surface area contributed by atoms with E-state index in [9.17, 15) is 27.6 Å². The molecule has 9 nitrogen and oxygen atoms in total. The van der Waals surface area contributed by atoms with Crippen LogP contribution in [0.2, 0.25) is 5.02 Å². The Hall–Kier alpha value is -3.68. The second-order valence-corrected chi connectivity index (χ2v) is 13.4. The number of halogens is 4. The summed E-state index contributed by atoms with van der Waals surface area (Å²) in [6.45, 7) is 9.50. The van der Waals surface area contributed by atoms with Gasteiger partial charge < -0.3 is 9.64 Å². The molecule has 0 saturated carbocycles. The number of hydrogen-bond acceptors (Lipinski definition) is 7. The van der Waals surface area contributed by atoms with Crippen LogP contribution in [0.15, 0.2) is 52.3 Å². The lowest BCUT2D eigenvalue weighted by atomic mass is 9.95. The monoisotopic (exact) mass is 691 g/mol. The molecule has 0 aliphatic carbocycles. The van der Waals surface area contributed by atoms with Crippen LogP contribution in [0.4, 0.5) is 13.2 Å². The van der Waals surface area contributed by atoms with E-state index in [1.54, 1.807) is 12.3 Å². The van der Waals surface area contributed by atoms with E-state index < -0.39 is 24.0 Å². The van der Waals surface area contributed by atoms with E-state index in [1.807, 2.05) is 43.9 Å². The van der Waals surface area contributed by atoms with E-state index in [2.05, 4.69) is 16.8 Å². The van der Waals surface area contributed by atoms with E-state index in [1.165, 1.54) is 11.3 Å². The fourth-order valence-electron chi connectivity index (χ4n) is 6.08. The number of aromatic nitrogens is 3. The molecule has 0 radical (unpaired) electrons. The molecule has 1 saturated heterocycles. The van der Waals surface area contributed by atoms with Crippen molar-refractivity contribution in [2.24, 2.45) is 5.92 Å². The molecule has 0 unspecified atom stereocenters. The SMILES string of the molecule is CCN(CC)C(=O)CN1CC[C@@H](Oc2c(C)cc(Cl)cc2-c2ccnc3cc(Cn4c(=O)ccn(CC(F)(F)F)c4=O)sc23)[C@@H](C)C1. The number of amides is 1. The number of benzene rings is 1. The van der Waals surface area contributed by atoms with Gasteiger partial charge in [-0.2, -0.15) is 13.2 Å². The third-order valence-corrected chi connectivity index (χ3v) is 9.81. The highest BCUT2D eigenvalue weighted by Gasteiger charge is 2.31. The number of carbonyl (C=O) groups is 1. The Bertz CT molecular complexity index is 1880. The highest BCUT2D eigenvalue weighted by atomic mass is 35.5. The lowest BCUT2D eigenvalue weighted by Crippen LogP contribution is -2.48. The summed E-state index contributed by atoms with van der Waals surface area (Å²) in [5, 5.41) is 0.519. The van der Waals surface area contributed by atoms with Crippen molar-refractivity contribution in [2.75, 3.05) is 32.7 Å². The summed E-state index contributed by atoms with van der Waals surface area (Å²) in [5.74, 6) is 0.946. The molecule has 2 atom stereocenters. The van der Waals surface area contributed by atoms with E-state index in [4.69, 9.17) is 16.3 Å². The predicted octanol–water partition coefficient (Wildman–Crippen LogP) is 5.82. The maximum atomic E-state index is 13.0. The molecule has 1 aliphatic heterocycles. The van der Waals surface area contributed by atoms with Crippen molar-refractivity contribution in [3.8, 4) is 16.9 Å². The van der Waals surface area contributed by atoms with Crippen molar-refractivity contribution in [1.82, 2.24) is 23.9 Å². The maximum absolute atomic E-state index is 13.0. The zero-order valence-electron chi connectivity index (χ0n) is 26.6. The number of likely N-dealkylation sites (N-methyl/N-ethyl adjacent to an activating group) is 1. The zero-order chi connectivity index (χ0) is 34.0. The molecule has 5 rings (SSSR count). The summed E-state index contributed by atoms with van der Waals surface area (Å²) in [6.07, 6.45) is -1.48. The van der Waals surface area contributed by atoms with Gasteiger partial charge in [-0.1, -0.05) is 18.5 Å². The normalized spacial score (nSPS) is 17.3. The second-order valence-electron chi connectivity index (χ2n) is 11.9. The molecular weight excluding hydrogens is 655 g/mol. The molecule has 47 heavy (non-hydrogen) atoms. The molecule has 252 valence electrons. The zero-order valence-corrected chi connectivity index (χ0v) is 28.2. The highest BCUT2D eigenvalue weighted by molar-refractivity contribution is 7.19. The third-order valence-electron chi connectivity index (χ3n) is 8.45. The van der Waals surface area contributed by atoms with Gasteiger partial charge in [-0.25, -0.2) is 4.79 Å². The van der Waals surface area contributed by atoms with Crippen LogP contribution in [-0.2, 0) is 17.9 Å². The van der Waals surface area contributed by atoms with Gasteiger partial charge in [0.25, 0.3) is 5.56 Å². The molecule has 0 N–H and O–H groups in total. The van der Waals surface area contributed by atoms with Crippen LogP contribution >= 0.6 is 22.9 Å². The number of nitrogens with zero attached hydrogens (tertiary/aromatic N) is 5. The fraction of sp³-hybridized carbons (Fsp3) is 0.455. The van der Waals surface area contributed by atoms with Crippen LogP contribution in [0.25, 0.3) is 21.3 Å². The Morgan fingerprint density at radius 1 is 1.15 bits per heavy atom. The number of fused-ring (bicyclic) bond motifs is 1. The Morgan fingerprint density at radius 3 is 2.57 bits per heavy atom. The van der Waals surface area contributed by atoms with Crippen LogP contribution in [-0.4, -0.2) is 74.8 Å². The molecule has 0 bridgehead atoms. The lowest BCUT2D eigenvalue weighted by molar-refractivity contribution is -0.141. The first-order chi connectivity index (χ1) is 22.3. The van der Waals surface area contributed by atoms with Crippen molar-refractivity contribution < 1.29 is 22.7 Å². The molecule has 3 aromatic heterocycles. The van der Waals surface area contributed by atoms with Gasteiger partial charge in [-0.05, 0) is 57.0 Å². The molecule has 1 aromatic carbocycles. The van der Waals surface area contributed by atoms with Crippen molar-refractivity contribution in [3.63, 3.8) is 0 Å².